The third kappa shape index (κ3) is 2.68. The number of ether oxygens (including phenoxy) is 2. The lowest BCUT2D eigenvalue weighted by molar-refractivity contribution is -0.153. The Labute approximate surface area is 126 Å². The normalized spacial score (nSPS) is 24.4. The van der Waals surface area contributed by atoms with Crippen LogP contribution in [0.3, 0.4) is 0 Å². The van der Waals surface area contributed by atoms with Gasteiger partial charge in [-0.2, -0.15) is 0 Å². The quantitative estimate of drug-likeness (QED) is 0.763. The average molecular weight is 295 g/mol. The Kier molecular flexibility index (Phi) is 3.96. The molecule has 1 saturated carbocycles. The zero-order valence-electron chi connectivity index (χ0n) is 12.4. The number of alkyl halides is 1. The summed E-state index contributed by atoms with van der Waals surface area (Å²) in [5, 5.41) is 0. The van der Waals surface area contributed by atoms with Crippen LogP contribution >= 0.6 is 11.6 Å². The van der Waals surface area contributed by atoms with Crippen molar-refractivity contribution in [1.82, 2.24) is 0 Å². The van der Waals surface area contributed by atoms with Gasteiger partial charge in [-0.15, -0.1) is 11.6 Å². The molecule has 2 nitrogen and oxygen atoms in total. The van der Waals surface area contributed by atoms with Crippen molar-refractivity contribution in [3.63, 3.8) is 0 Å². The van der Waals surface area contributed by atoms with Gasteiger partial charge in [-0.3, -0.25) is 0 Å². The summed E-state index contributed by atoms with van der Waals surface area (Å²) < 4.78 is 12.3. The molecule has 20 heavy (non-hydrogen) atoms. The number of rotatable bonds is 3. The minimum atomic E-state index is 0.140. The molecule has 0 amide bonds. The third-order valence-corrected chi connectivity index (χ3v) is 4.98. The largest absolute Gasteiger partial charge is 0.490 e. The molecule has 0 bridgehead atoms. The molecular formula is C17H23ClO2. The maximum atomic E-state index is 6.32. The molecule has 1 aliphatic heterocycles. The van der Waals surface area contributed by atoms with Gasteiger partial charge in [0.25, 0.3) is 0 Å². The van der Waals surface area contributed by atoms with Gasteiger partial charge in [0.05, 0.1) is 12.2 Å². The molecule has 3 heteroatoms. The summed E-state index contributed by atoms with van der Waals surface area (Å²) in [7, 11) is 0. The first-order valence-corrected chi connectivity index (χ1v) is 8.12. The second kappa shape index (κ2) is 5.57. The van der Waals surface area contributed by atoms with Crippen molar-refractivity contribution in [2.75, 3.05) is 6.61 Å². The predicted molar refractivity (Wildman–Crippen MR) is 81.7 cm³/mol. The van der Waals surface area contributed by atoms with E-state index in [2.05, 4.69) is 26.0 Å². The van der Waals surface area contributed by atoms with Crippen molar-refractivity contribution in [2.24, 2.45) is 0 Å². The van der Waals surface area contributed by atoms with Crippen molar-refractivity contribution in [2.45, 2.75) is 63.5 Å². The van der Waals surface area contributed by atoms with E-state index in [1.165, 1.54) is 30.4 Å². The lowest BCUT2D eigenvalue weighted by Gasteiger charge is -2.47. The fourth-order valence-corrected chi connectivity index (χ4v) is 3.63. The first-order valence-electron chi connectivity index (χ1n) is 7.59. The van der Waals surface area contributed by atoms with Crippen molar-refractivity contribution in [1.29, 1.82) is 0 Å². The Morgan fingerprint density at radius 2 is 2.00 bits per heavy atom. The predicted octanol–water partition coefficient (Wildman–Crippen LogP) is 4.52. The number of hydrogen-bond donors (Lipinski definition) is 0. The minimum absolute atomic E-state index is 0.140. The van der Waals surface area contributed by atoms with Crippen molar-refractivity contribution in [3.05, 3.63) is 28.8 Å². The molecule has 1 aromatic rings. The summed E-state index contributed by atoms with van der Waals surface area (Å²) in [4.78, 5) is 0. The minimum Gasteiger partial charge on any atom is -0.490 e. The molecule has 1 unspecified atom stereocenters. The first-order chi connectivity index (χ1) is 9.62. The van der Waals surface area contributed by atoms with E-state index < -0.39 is 0 Å². The number of hydrogen-bond acceptors (Lipinski definition) is 2. The van der Waals surface area contributed by atoms with Crippen LogP contribution in [0.4, 0.5) is 0 Å². The van der Waals surface area contributed by atoms with Gasteiger partial charge in [0, 0.05) is 18.7 Å². The smallest absolute Gasteiger partial charge is 0.125 e. The number of aryl methyl sites for hydroxylation is 2. The monoisotopic (exact) mass is 294 g/mol. The van der Waals surface area contributed by atoms with Crippen LogP contribution in [0.1, 0.15) is 48.8 Å². The van der Waals surface area contributed by atoms with E-state index in [9.17, 15) is 0 Å². The van der Waals surface area contributed by atoms with Gasteiger partial charge < -0.3 is 9.47 Å². The highest BCUT2D eigenvalue weighted by molar-refractivity contribution is 6.17. The molecule has 0 aromatic heterocycles. The van der Waals surface area contributed by atoms with Gasteiger partial charge in [0.1, 0.15) is 11.9 Å². The van der Waals surface area contributed by atoms with Crippen LogP contribution < -0.4 is 4.74 Å². The zero-order chi connectivity index (χ0) is 14.2. The van der Waals surface area contributed by atoms with Crippen LogP contribution in [0.25, 0.3) is 0 Å². The molecule has 1 saturated heterocycles. The Balaban J connectivity index is 1.74. The second-order valence-corrected chi connectivity index (χ2v) is 6.58. The van der Waals surface area contributed by atoms with Crippen LogP contribution in [0.2, 0.25) is 0 Å². The Morgan fingerprint density at radius 1 is 1.30 bits per heavy atom. The topological polar surface area (TPSA) is 18.5 Å². The summed E-state index contributed by atoms with van der Waals surface area (Å²) in [6, 6.07) is 4.27. The average Bonchev–Trinajstić information content (AvgIpc) is 2.41. The molecule has 2 fully saturated rings. The summed E-state index contributed by atoms with van der Waals surface area (Å²) in [6.45, 7) is 5.05. The van der Waals surface area contributed by atoms with Crippen LogP contribution in [-0.4, -0.2) is 18.3 Å². The molecule has 3 rings (SSSR count). The van der Waals surface area contributed by atoms with Crippen molar-refractivity contribution >= 4 is 11.6 Å². The molecule has 0 N–H and O–H groups in total. The molecule has 110 valence electrons. The van der Waals surface area contributed by atoms with Gasteiger partial charge in [0.2, 0.25) is 0 Å². The van der Waals surface area contributed by atoms with E-state index in [1.807, 2.05) is 0 Å². The molecule has 1 heterocycles. The van der Waals surface area contributed by atoms with E-state index in [4.69, 9.17) is 21.1 Å². The fraction of sp³-hybridized carbons (Fsp3) is 0.647. The third-order valence-electron chi connectivity index (χ3n) is 4.67. The fourth-order valence-electron chi connectivity index (χ4n) is 3.47. The number of halogens is 1. The zero-order valence-corrected chi connectivity index (χ0v) is 13.1. The number of benzene rings is 1. The van der Waals surface area contributed by atoms with E-state index in [-0.39, 0.29) is 5.60 Å². The standard InChI is InChI=1S/C17H23ClO2/c1-12-8-14(11-18)9-13(2)16(12)20-15-4-7-19-17(10-15)5-3-6-17/h8-9,15H,3-7,10-11H2,1-2H3. The lowest BCUT2D eigenvalue weighted by Crippen LogP contribution is -2.48. The van der Waals surface area contributed by atoms with Gasteiger partial charge in [0.15, 0.2) is 0 Å². The van der Waals surface area contributed by atoms with E-state index >= 15 is 0 Å². The van der Waals surface area contributed by atoms with E-state index in [0.29, 0.717) is 12.0 Å². The lowest BCUT2D eigenvalue weighted by atomic mass is 9.74. The molecule has 1 aliphatic carbocycles. The van der Waals surface area contributed by atoms with Crippen LogP contribution in [-0.2, 0) is 10.6 Å². The molecule has 1 atom stereocenters. The van der Waals surface area contributed by atoms with E-state index in [1.54, 1.807) is 0 Å². The SMILES string of the molecule is Cc1cc(CCl)cc(C)c1OC1CCOC2(CCC2)C1. The molecule has 1 spiro atoms. The Morgan fingerprint density at radius 3 is 2.55 bits per heavy atom. The van der Waals surface area contributed by atoms with Gasteiger partial charge in [-0.25, -0.2) is 0 Å². The maximum absolute atomic E-state index is 6.32. The summed E-state index contributed by atoms with van der Waals surface area (Å²) in [5.41, 5.74) is 3.68. The molecule has 0 radical (unpaired) electrons. The maximum Gasteiger partial charge on any atom is 0.125 e. The highest BCUT2D eigenvalue weighted by atomic mass is 35.5. The van der Waals surface area contributed by atoms with Crippen LogP contribution in [0.15, 0.2) is 12.1 Å². The second-order valence-electron chi connectivity index (χ2n) is 6.31. The Bertz CT molecular complexity index is 471. The highest BCUT2D eigenvalue weighted by Crippen LogP contribution is 2.43. The summed E-state index contributed by atoms with van der Waals surface area (Å²) in [5.74, 6) is 1.60. The van der Waals surface area contributed by atoms with Gasteiger partial charge in [-0.1, -0.05) is 12.1 Å². The molecule has 2 aliphatic rings. The van der Waals surface area contributed by atoms with Crippen LogP contribution in [0, 0.1) is 13.8 Å². The summed E-state index contributed by atoms with van der Waals surface area (Å²) in [6.07, 6.45) is 6.05. The van der Waals surface area contributed by atoms with Crippen LogP contribution in [0.5, 0.6) is 5.75 Å². The highest BCUT2D eigenvalue weighted by Gasteiger charge is 2.43. The molecular weight excluding hydrogens is 272 g/mol. The molecule has 1 aromatic carbocycles. The van der Waals surface area contributed by atoms with Gasteiger partial charge >= 0.3 is 0 Å². The van der Waals surface area contributed by atoms with Crippen molar-refractivity contribution < 1.29 is 9.47 Å². The first kappa shape index (κ1) is 14.2. The summed E-state index contributed by atoms with van der Waals surface area (Å²) >= 11 is 5.92. The van der Waals surface area contributed by atoms with Crippen molar-refractivity contribution in [3.8, 4) is 5.75 Å². The Hall–Kier alpha value is -0.730. The van der Waals surface area contributed by atoms with Gasteiger partial charge in [-0.05, 0) is 49.8 Å². The van der Waals surface area contributed by atoms with E-state index in [0.717, 1.165) is 30.8 Å².